The van der Waals surface area contributed by atoms with E-state index >= 15 is 0 Å². The summed E-state index contributed by atoms with van der Waals surface area (Å²) in [6, 6.07) is 5.98. The van der Waals surface area contributed by atoms with E-state index in [1.165, 1.54) is 19.1 Å². The number of hydrogen-bond donors (Lipinski definition) is 0. The third kappa shape index (κ3) is 10.5. The van der Waals surface area contributed by atoms with Gasteiger partial charge in [0.2, 0.25) is 0 Å². The van der Waals surface area contributed by atoms with Crippen LogP contribution in [0.3, 0.4) is 0 Å². The van der Waals surface area contributed by atoms with Gasteiger partial charge in [-0.25, -0.2) is 0 Å². The Bertz CT molecular complexity index is 705. The summed E-state index contributed by atoms with van der Waals surface area (Å²) in [6.45, 7) is 3.00. The molecule has 0 saturated carbocycles. The number of carbonyl (C=O) groups is 2. The van der Waals surface area contributed by atoms with Gasteiger partial charge in [-0.3, -0.25) is 9.59 Å². The maximum Gasteiger partial charge on any atom is 0.471 e. The average Bonchev–Trinajstić information content (AvgIpc) is 2.67. The van der Waals surface area contributed by atoms with Crippen molar-refractivity contribution in [3.63, 3.8) is 0 Å². The first-order valence-electron chi connectivity index (χ1n) is 9.36. The van der Waals surface area contributed by atoms with Crippen LogP contribution in [0.25, 0.3) is 0 Å². The Morgan fingerprint density at radius 3 is 2.21 bits per heavy atom. The minimum atomic E-state index is -4.91. The van der Waals surface area contributed by atoms with Crippen molar-refractivity contribution in [2.24, 2.45) is 0 Å². The molecule has 0 aliphatic heterocycles. The van der Waals surface area contributed by atoms with Crippen LogP contribution in [-0.4, -0.2) is 44.9 Å². The molecule has 0 saturated heterocycles. The van der Waals surface area contributed by atoms with Crippen molar-refractivity contribution in [1.82, 2.24) is 0 Å². The van der Waals surface area contributed by atoms with E-state index in [0.717, 1.165) is 32.7 Å². The summed E-state index contributed by atoms with van der Waals surface area (Å²) in [5.74, 6) is 3.68. The highest BCUT2D eigenvalue weighted by atomic mass is 19.4. The van der Waals surface area contributed by atoms with E-state index in [-0.39, 0.29) is 11.7 Å². The van der Waals surface area contributed by atoms with Crippen LogP contribution in [0.1, 0.15) is 44.6 Å². The van der Waals surface area contributed by atoms with Crippen LogP contribution in [0.15, 0.2) is 24.3 Å². The zero-order valence-corrected chi connectivity index (χ0v) is 16.7. The molecule has 160 valence electrons. The minimum absolute atomic E-state index is 0.147. The van der Waals surface area contributed by atoms with Gasteiger partial charge in [0.25, 0.3) is 0 Å². The van der Waals surface area contributed by atoms with E-state index < -0.39 is 12.1 Å². The second-order valence-electron chi connectivity index (χ2n) is 6.33. The van der Waals surface area contributed by atoms with Crippen molar-refractivity contribution in [3.05, 3.63) is 29.8 Å². The van der Waals surface area contributed by atoms with Crippen molar-refractivity contribution in [1.29, 1.82) is 0 Å². The summed E-state index contributed by atoms with van der Waals surface area (Å²) in [7, 11) is 1.08. The van der Waals surface area contributed by atoms with E-state index in [9.17, 15) is 22.8 Å². The van der Waals surface area contributed by atoms with Crippen molar-refractivity contribution < 1.29 is 32.2 Å². The molecule has 0 heterocycles. The van der Waals surface area contributed by atoms with Crippen molar-refractivity contribution >= 4 is 17.6 Å². The third-order valence-corrected chi connectivity index (χ3v) is 3.89. The molecule has 1 aromatic carbocycles. The molecular weight excluding hydrogens is 387 g/mol. The standard InChI is InChI=1S/C21H26F3NO4/c1-17(26)29-16-7-4-3-6-14-28-15-8-5-9-18-10-12-19(13-11-18)25(2)20(27)21(22,23)24/h10-13H,3-4,6-8,14-16H2,1-2H3. The predicted octanol–water partition coefficient (Wildman–Crippen LogP) is 4.09. The maximum absolute atomic E-state index is 12.4. The van der Waals surface area contributed by atoms with E-state index in [1.54, 1.807) is 12.1 Å². The number of esters is 1. The van der Waals surface area contributed by atoms with Crippen LogP contribution in [-0.2, 0) is 19.1 Å². The van der Waals surface area contributed by atoms with Crippen molar-refractivity contribution in [2.75, 3.05) is 31.8 Å². The van der Waals surface area contributed by atoms with Gasteiger partial charge in [-0.2, -0.15) is 13.2 Å². The van der Waals surface area contributed by atoms with E-state index in [1.807, 2.05) is 0 Å². The first-order valence-corrected chi connectivity index (χ1v) is 9.36. The second kappa shape index (κ2) is 12.8. The molecule has 0 N–H and O–H groups in total. The Balaban J connectivity index is 2.20. The lowest BCUT2D eigenvalue weighted by atomic mass is 10.2. The number of rotatable bonds is 10. The second-order valence-corrected chi connectivity index (χ2v) is 6.33. The highest BCUT2D eigenvalue weighted by Crippen LogP contribution is 2.22. The fourth-order valence-corrected chi connectivity index (χ4v) is 2.34. The molecule has 5 nitrogen and oxygen atoms in total. The van der Waals surface area contributed by atoms with Crippen LogP contribution in [0.2, 0.25) is 0 Å². The zero-order chi connectivity index (χ0) is 21.7. The summed E-state index contributed by atoms with van der Waals surface area (Å²) in [4.78, 5) is 22.3. The van der Waals surface area contributed by atoms with Gasteiger partial charge in [-0.15, -0.1) is 0 Å². The molecule has 0 bridgehead atoms. The Kier molecular flexibility index (Phi) is 10.8. The third-order valence-electron chi connectivity index (χ3n) is 3.89. The summed E-state index contributed by atoms with van der Waals surface area (Å²) in [5, 5.41) is 0. The summed E-state index contributed by atoms with van der Waals surface area (Å²) < 4.78 is 47.6. The summed E-state index contributed by atoms with van der Waals surface area (Å²) in [5.41, 5.74) is 0.795. The summed E-state index contributed by atoms with van der Waals surface area (Å²) in [6.07, 6.45) is -0.596. The molecule has 1 rings (SSSR count). The number of benzene rings is 1. The first kappa shape index (κ1) is 24.5. The largest absolute Gasteiger partial charge is 0.471 e. The number of nitrogens with zero attached hydrogens (tertiary/aromatic N) is 1. The van der Waals surface area contributed by atoms with Crippen LogP contribution in [0.5, 0.6) is 0 Å². The van der Waals surface area contributed by atoms with E-state index in [2.05, 4.69) is 11.8 Å². The number of carbonyl (C=O) groups excluding carboxylic acids is 2. The molecule has 0 aliphatic rings. The fourth-order valence-electron chi connectivity index (χ4n) is 2.34. The molecule has 0 spiro atoms. The van der Waals surface area contributed by atoms with E-state index in [4.69, 9.17) is 9.47 Å². The van der Waals surface area contributed by atoms with Gasteiger partial charge in [0.15, 0.2) is 0 Å². The molecule has 0 unspecified atom stereocenters. The monoisotopic (exact) mass is 413 g/mol. The molecule has 1 amide bonds. The number of alkyl halides is 3. The van der Waals surface area contributed by atoms with Gasteiger partial charge >= 0.3 is 18.1 Å². The molecule has 0 fully saturated rings. The number of hydrogen-bond acceptors (Lipinski definition) is 4. The van der Waals surface area contributed by atoms with Gasteiger partial charge in [-0.05, 0) is 43.5 Å². The Morgan fingerprint density at radius 1 is 1.00 bits per heavy atom. The highest BCUT2D eigenvalue weighted by molar-refractivity contribution is 5.96. The van der Waals surface area contributed by atoms with Crippen molar-refractivity contribution in [2.45, 2.75) is 45.2 Å². The maximum atomic E-state index is 12.4. The van der Waals surface area contributed by atoms with Gasteiger partial charge < -0.3 is 14.4 Å². The van der Waals surface area contributed by atoms with Gasteiger partial charge in [-0.1, -0.05) is 18.3 Å². The number of amides is 1. The normalized spacial score (nSPS) is 10.8. The van der Waals surface area contributed by atoms with E-state index in [0.29, 0.717) is 36.7 Å². The quantitative estimate of drug-likeness (QED) is 0.329. The number of unbranched alkanes of at least 4 members (excludes halogenated alkanes) is 3. The topological polar surface area (TPSA) is 55.8 Å². The van der Waals surface area contributed by atoms with Gasteiger partial charge in [0.05, 0.1) is 13.2 Å². The minimum Gasteiger partial charge on any atom is -0.466 e. The Morgan fingerprint density at radius 2 is 1.62 bits per heavy atom. The lowest BCUT2D eigenvalue weighted by Crippen LogP contribution is -2.38. The van der Waals surface area contributed by atoms with Crippen LogP contribution in [0.4, 0.5) is 18.9 Å². The number of ether oxygens (including phenoxy) is 2. The highest BCUT2D eigenvalue weighted by Gasteiger charge is 2.41. The van der Waals surface area contributed by atoms with Crippen LogP contribution >= 0.6 is 0 Å². The van der Waals surface area contributed by atoms with Crippen LogP contribution < -0.4 is 4.90 Å². The fraction of sp³-hybridized carbons (Fsp3) is 0.524. The molecule has 0 radical (unpaired) electrons. The zero-order valence-electron chi connectivity index (χ0n) is 16.7. The molecular formula is C21H26F3NO4. The van der Waals surface area contributed by atoms with Gasteiger partial charge in [0, 0.05) is 38.2 Å². The molecule has 0 aromatic heterocycles. The Hall–Kier alpha value is -2.53. The predicted molar refractivity (Wildman–Crippen MR) is 103 cm³/mol. The number of anilines is 1. The number of halogens is 3. The van der Waals surface area contributed by atoms with Gasteiger partial charge in [0.1, 0.15) is 0 Å². The SMILES string of the molecule is CC(=O)OCCCCCCOCCC#Cc1ccc(N(C)C(=O)C(F)(F)F)cc1. The molecule has 8 heteroatoms. The Labute approximate surface area is 169 Å². The average molecular weight is 413 g/mol. The lowest BCUT2D eigenvalue weighted by molar-refractivity contribution is -0.170. The summed E-state index contributed by atoms with van der Waals surface area (Å²) >= 11 is 0. The molecule has 0 atom stereocenters. The first-order chi connectivity index (χ1) is 13.7. The molecule has 1 aromatic rings. The molecule has 29 heavy (non-hydrogen) atoms. The van der Waals surface area contributed by atoms with Crippen molar-refractivity contribution in [3.8, 4) is 11.8 Å². The molecule has 0 aliphatic carbocycles. The smallest absolute Gasteiger partial charge is 0.466 e. The van der Waals surface area contributed by atoms with Crippen LogP contribution in [0, 0.1) is 11.8 Å². The lowest BCUT2D eigenvalue weighted by Gasteiger charge is -2.18.